The van der Waals surface area contributed by atoms with E-state index in [2.05, 4.69) is 26.0 Å². The van der Waals surface area contributed by atoms with Gasteiger partial charge in [0.25, 0.3) is 0 Å². The third-order valence-electron chi connectivity index (χ3n) is 3.66. The first-order valence-electron chi connectivity index (χ1n) is 6.62. The van der Waals surface area contributed by atoms with Crippen molar-refractivity contribution in [3.63, 3.8) is 0 Å². The SMILES string of the molecule is Cc1ccc(C(CN)OC2CCCCC2C)s1. The Morgan fingerprint density at radius 2 is 2.18 bits per heavy atom. The van der Waals surface area contributed by atoms with Crippen LogP contribution in [-0.4, -0.2) is 12.6 Å². The van der Waals surface area contributed by atoms with Gasteiger partial charge < -0.3 is 10.5 Å². The molecule has 3 atom stereocenters. The standard InChI is InChI=1S/C14H23NOS/c1-10-5-3-4-6-12(10)16-13(9-15)14-8-7-11(2)17-14/h7-8,10,12-13H,3-6,9,15H2,1-2H3. The number of hydrogen-bond donors (Lipinski definition) is 1. The fraction of sp³-hybridized carbons (Fsp3) is 0.714. The summed E-state index contributed by atoms with van der Waals surface area (Å²) in [6, 6.07) is 4.31. The Balaban J connectivity index is 1.99. The van der Waals surface area contributed by atoms with Gasteiger partial charge in [0, 0.05) is 16.3 Å². The van der Waals surface area contributed by atoms with E-state index >= 15 is 0 Å². The minimum atomic E-state index is 0.0965. The summed E-state index contributed by atoms with van der Waals surface area (Å²) in [6.07, 6.45) is 5.65. The predicted molar refractivity (Wildman–Crippen MR) is 73.4 cm³/mol. The molecular weight excluding hydrogens is 230 g/mol. The molecule has 2 rings (SSSR count). The summed E-state index contributed by atoms with van der Waals surface area (Å²) in [6.45, 7) is 5.02. The van der Waals surface area contributed by atoms with Crippen LogP contribution in [0.4, 0.5) is 0 Å². The average molecular weight is 253 g/mol. The van der Waals surface area contributed by atoms with Crippen molar-refractivity contribution in [1.82, 2.24) is 0 Å². The minimum Gasteiger partial charge on any atom is -0.368 e. The Morgan fingerprint density at radius 1 is 1.41 bits per heavy atom. The molecule has 0 bridgehead atoms. The Kier molecular flexibility index (Phi) is 4.60. The summed E-state index contributed by atoms with van der Waals surface area (Å²) in [5.41, 5.74) is 5.86. The number of rotatable bonds is 4. The maximum atomic E-state index is 6.24. The van der Waals surface area contributed by atoms with Gasteiger partial charge in [0.2, 0.25) is 0 Å². The molecular formula is C14H23NOS. The first-order valence-corrected chi connectivity index (χ1v) is 7.44. The average Bonchev–Trinajstić information content (AvgIpc) is 2.75. The van der Waals surface area contributed by atoms with Crippen molar-refractivity contribution in [2.24, 2.45) is 11.7 Å². The fourth-order valence-electron chi connectivity index (χ4n) is 2.56. The smallest absolute Gasteiger partial charge is 0.104 e. The summed E-state index contributed by atoms with van der Waals surface area (Å²) in [4.78, 5) is 2.61. The van der Waals surface area contributed by atoms with Gasteiger partial charge in [-0.3, -0.25) is 0 Å². The number of nitrogens with two attached hydrogens (primary N) is 1. The summed E-state index contributed by atoms with van der Waals surface area (Å²) >= 11 is 1.81. The summed E-state index contributed by atoms with van der Waals surface area (Å²) in [5, 5.41) is 0. The summed E-state index contributed by atoms with van der Waals surface area (Å²) in [7, 11) is 0. The Labute approximate surface area is 108 Å². The lowest BCUT2D eigenvalue weighted by Gasteiger charge is -2.31. The van der Waals surface area contributed by atoms with E-state index in [1.54, 1.807) is 11.3 Å². The number of hydrogen-bond acceptors (Lipinski definition) is 3. The monoisotopic (exact) mass is 253 g/mol. The van der Waals surface area contributed by atoms with Gasteiger partial charge in [-0.25, -0.2) is 0 Å². The lowest BCUT2D eigenvalue weighted by Crippen LogP contribution is -2.29. The van der Waals surface area contributed by atoms with Crippen LogP contribution in [0.25, 0.3) is 0 Å². The number of ether oxygens (including phenoxy) is 1. The van der Waals surface area contributed by atoms with Gasteiger partial charge in [-0.2, -0.15) is 0 Å². The van der Waals surface area contributed by atoms with Gasteiger partial charge in [0.1, 0.15) is 6.10 Å². The van der Waals surface area contributed by atoms with E-state index in [0.29, 0.717) is 18.6 Å². The second kappa shape index (κ2) is 5.98. The zero-order valence-electron chi connectivity index (χ0n) is 10.8. The molecule has 1 saturated carbocycles. The molecule has 0 saturated heterocycles. The minimum absolute atomic E-state index is 0.0965. The van der Waals surface area contributed by atoms with Crippen molar-refractivity contribution < 1.29 is 4.74 Å². The molecule has 2 nitrogen and oxygen atoms in total. The van der Waals surface area contributed by atoms with Crippen LogP contribution in [0, 0.1) is 12.8 Å². The molecule has 17 heavy (non-hydrogen) atoms. The summed E-state index contributed by atoms with van der Waals surface area (Å²) < 4.78 is 6.24. The van der Waals surface area contributed by atoms with Crippen molar-refractivity contribution in [2.45, 2.75) is 51.7 Å². The molecule has 0 radical (unpaired) electrons. The van der Waals surface area contributed by atoms with Crippen LogP contribution in [0.3, 0.4) is 0 Å². The van der Waals surface area contributed by atoms with E-state index in [9.17, 15) is 0 Å². The molecule has 1 aliphatic carbocycles. The van der Waals surface area contributed by atoms with Crippen LogP contribution in [0.1, 0.15) is 48.5 Å². The first-order chi connectivity index (χ1) is 8.20. The van der Waals surface area contributed by atoms with Crippen LogP contribution in [0.2, 0.25) is 0 Å². The van der Waals surface area contributed by atoms with Gasteiger partial charge >= 0.3 is 0 Å². The first kappa shape index (κ1) is 13.1. The second-order valence-electron chi connectivity index (χ2n) is 5.11. The molecule has 1 aromatic heterocycles. The van der Waals surface area contributed by atoms with Crippen LogP contribution in [0.5, 0.6) is 0 Å². The molecule has 96 valence electrons. The van der Waals surface area contributed by atoms with Crippen molar-refractivity contribution in [3.05, 3.63) is 21.9 Å². The van der Waals surface area contributed by atoms with Gasteiger partial charge in [-0.05, 0) is 37.8 Å². The molecule has 1 heterocycles. The van der Waals surface area contributed by atoms with Crippen molar-refractivity contribution in [1.29, 1.82) is 0 Å². The van der Waals surface area contributed by atoms with Crippen molar-refractivity contribution in [2.75, 3.05) is 6.54 Å². The molecule has 1 aliphatic rings. The van der Waals surface area contributed by atoms with Crippen molar-refractivity contribution >= 4 is 11.3 Å². The molecule has 3 unspecified atom stereocenters. The molecule has 2 N–H and O–H groups in total. The highest BCUT2D eigenvalue weighted by atomic mass is 32.1. The molecule has 3 heteroatoms. The normalized spacial score (nSPS) is 27.0. The zero-order chi connectivity index (χ0) is 12.3. The topological polar surface area (TPSA) is 35.2 Å². The molecule has 0 spiro atoms. The van der Waals surface area contributed by atoms with E-state index in [1.165, 1.54) is 35.4 Å². The van der Waals surface area contributed by atoms with Gasteiger partial charge in [0.05, 0.1) is 6.10 Å². The van der Waals surface area contributed by atoms with E-state index in [4.69, 9.17) is 10.5 Å². The molecule has 0 aliphatic heterocycles. The zero-order valence-corrected chi connectivity index (χ0v) is 11.6. The number of thiophene rings is 1. The third kappa shape index (κ3) is 3.30. The Hall–Kier alpha value is -0.380. The lowest BCUT2D eigenvalue weighted by atomic mass is 9.88. The van der Waals surface area contributed by atoms with Crippen LogP contribution in [0.15, 0.2) is 12.1 Å². The maximum Gasteiger partial charge on any atom is 0.104 e. The van der Waals surface area contributed by atoms with Gasteiger partial charge in [-0.1, -0.05) is 19.8 Å². The van der Waals surface area contributed by atoms with Gasteiger partial charge in [-0.15, -0.1) is 11.3 Å². The molecule has 1 fully saturated rings. The molecule has 1 aromatic rings. The van der Waals surface area contributed by atoms with Gasteiger partial charge in [0.15, 0.2) is 0 Å². The van der Waals surface area contributed by atoms with Crippen molar-refractivity contribution in [3.8, 4) is 0 Å². The molecule has 0 aromatic carbocycles. The Bertz CT molecular complexity index is 350. The van der Waals surface area contributed by atoms with E-state index in [0.717, 1.165) is 0 Å². The lowest BCUT2D eigenvalue weighted by molar-refractivity contribution is -0.0519. The van der Waals surface area contributed by atoms with E-state index < -0.39 is 0 Å². The highest BCUT2D eigenvalue weighted by molar-refractivity contribution is 7.12. The fourth-order valence-corrected chi connectivity index (χ4v) is 3.49. The highest BCUT2D eigenvalue weighted by Gasteiger charge is 2.25. The maximum absolute atomic E-state index is 6.24. The largest absolute Gasteiger partial charge is 0.368 e. The van der Waals surface area contributed by atoms with Crippen LogP contribution in [-0.2, 0) is 4.74 Å². The van der Waals surface area contributed by atoms with Crippen LogP contribution >= 0.6 is 11.3 Å². The number of aryl methyl sites for hydroxylation is 1. The highest BCUT2D eigenvalue weighted by Crippen LogP contribution is 2.32. The Morgan fingerprint density at radius 3 is 2.76 bits per heavy atom. The third-order valence-corrected chi connectivity index (χ3v) is 4.76. The van der Waals surface area contributed by atoms with E-state index in [-0.39, 0.29) is 6.10 Å². The van der Waals surface area contributed by atoms with E-state index in [1.807, 2.05) is 0 Å². The predicted octanol–water partition coefficient (Wildman–Crippen LogP) is 3.65. The second-order valence-corrected chi connectivity index (χ2v) is 6.43. The van der Waals surface area contributed by atoms with Crippen LogP contribution < -0.4 is 5.73 Å². The summed E-state index contributed by atoms with van der Waals surface area (Å²) in [5.74, 6) is 0.679. The quantitative estimate of drug-likeness (QED) is 0.889. The molecule has 0 amide bonds.